The van der Waals surface area contributed by atoms with E-state index in [9.17, 15) is 0 Å². The molecular formula is C51H52Cl2SiZr. The van der Waals surface area contributed by atoms with Gasteiger partial charge in [-0.3, -0.25) is 0 Å². The quantitative estimate of drug-likeness (QED) is 0.120. The maximum atomic E-state index is 4.93. The molecule has 0 atom stereocenters. The predicted molar refractivity (Wildman–Crippen MR) is 240 cm³/mol. The first-order chi connectivity index (χ1) is 26.4. The molecule has 0 aliphatic heterocycles. The van der Waals surface area contributed by atoms with Gasteiger partial charge in [0.25, 0.3) is 0 Å². The van der Waals surface area contributed by atoms with E-state index in [1.807, 2.05) is 0 Å². The molecule has 0 unspecified atom stereocenters. The Balaban J connectivity index is 0.000000156. The van der Waals surface area contributed by atoms with Gasteiger partial charge in [-0.15, -0.1) is 45.7 Å². The molecule has 2 radical (unpaired) electrons. The summed E-state index contributed by atoms with van der Waals surface area (Å²) in [6.45, 7) is 15.8. The van der Waals surface area contributed by atoms with Crippen molar-refractivity contribution in [3.63, 3.8) is 0 Å². The van der Waals surface area contributed by atoms with E-state index in [0.29, 0.717) is 0 Å². The van der Waals surface area contributed by atoms with E-state index < -0.39 is 20.8 Å². The second-order valence-electron chi connectivity index (χ2n) is 16.0. The Morgan fingerprint density at radius 3 is 1.78 bits per heavy atom. The summed E-state index contributed by atoms with van der Waals surface area (Å²) in [7, 11) is 10.6. The Bertz CT molecular complexity index is 2130. The molecule has 1 aliphatic carbocycles. The largest absolute Gasteiger partial charge is 0.121 e. The first kappa shape index (κ1) is 42.7. The molecule has 55 heavy (non-hydrogen) atoms. The van der Waals surface area contributed by atoms with E-state index in [1.54, 1.807) is 0 Å². The summed E-state index contributed by atoms with van der Waals surface area (Å²) in [4.78, 5) is 0. The fraction of sp³-hybridized carbons (Fsp3) is 0.235. The van der Waals surface area contributed by atoms with E-state index >= 15 is 0 Å². The molecule has 0 nitrogen and oxygen atoms in total. The smallest absolute Gasteiger partial charge is 0.0631 e. The van der Waals surface area contributed by atoms with E-state index in [1.165, 1.54) is 84.1 Å². The molecule has 0 saturated heterocycles. The number of fused-ring (bicyclic) bond motifs is 4. The van der Waals surface area contributed by atoms with Crippen LogP contribution in [0.25, 0.3) is 33.0 Å². The van der Waals surface area contributed by atoms with Gasteiger partial charge in [0.1, 0.15) is 9.52 Å². The molecule has 0 saturated carbocycles. The van der Waals surface area contributed by atoms with E-state index in [-0.39, 0.29) is 10.8 Å². The summed E-state index contributed by atoms with van der Waals surface area (Å²) in [6, 6.07) is 58.2. The Kier molecular flexibility index (Phi) is 15.7. The van der Waals surface area contributed by atoms with Gasteiger partial charge in [-0.1, -0.05) is 192 Å². The first-order valence-corrected chi connectivity index (χ1v) is 26.5. The van der Waals surface area contributed by atoms with Crippen LogP contribution in [0.3, 0.4) is 0 Å². The number of aryl methyl sites for hydroxylation is 1. The minimum atomic E-state index is -0.826. The topological polar surface area (TPSA) is 0 Å². The third-order valence-corrected chi connectivity index (χ3v) is 11.0. The van der Waals surface area contributed by atoms with E-state index in [4.69, 9.17) is 17.0 Å². The van der Waals surface area contributed by atoms with Crippen molar-refractivity contribution >= 4 is 47.7 Å². The number of hydrogen-bond donors (Lipinski definition) is 0. The van der Waals surface area contributed by atoms with Crippen LogP contribution in [-0.2, 0) is 44.5 Å². The first-order valence-electron chi connectivity index (χ1n) is 19.2. The Hall–Kier alpha value is -3.39. The molecule has 0 spiro atoms. The molecule has 1 aliphatic rings. The minimum absolute atomic E-state index is 0.167. The van der Waals surface area contributed by atoms with Gasteiger partial charge in [0.15, 0.2) is 0 Å². The normalized spacial score (nSPS) is 11.4. The maximum Gasteiger partial charge on any atom is 0.121 e. The second kappa shape index (κ2) is 20.2. The van der Waals surface area contributed by atoms with Crippen LogP contribution < -0.4 is 10.4 Å². The maximum absolute atomic E-state index is 4.93. The van der Waals surface area contributed by atoms with Crippen molar-refractivity contribution < 1.29 is 20.8 Å². The van der Waals surface area contributed by atoms with Gasteiger partial charge in [-0.25, -0.2) is 0 Å². The van der Waals surface area contributed by atoms with Crippen LogP contribution in [0.4, 0.5) is 0 Å². The predicted octanol–water partition coefficient (Wildman–Crippen LogP) is 13.5. The monoisotopic (exact) mass is 852 g/mol. The van der Waals surface area contributed by atoms with Crippen molar-refractivity contribution in [2.24, 2.45) is 0 Å². The van der Waals surface area contributed by atoms with Crippen LogP contribution in [0.1, 0.15) is 82.7 Å². The Labute approximate surface area is 352 Å². The number of benzene rings is 6. The molecule has 0 N–H and O–H groups in total. The van der Waals surface area contributed by atoms with Crippen LogP contribution >= 0.6 is 17.0 Å². The van der Waals surface area contributed by atoms with Crippen LogP contribution in [0, 0.1) is 6.07 Å². The van der Waals surface area contributed by atoms with Crippen LogP contribution in [0.15, 0.2) is 152 Å². The average molecular weight is 855 g/mol. The van der Waals surface area contributed by atoms with Crippen molar-refractivity contribution in [2.75, 3.05) is 0 Å². The zero-order valence-corrected chi connectivity index (χ0v) is 38.3. The molecule has 278 valence electrons. The van der Waals surface area contributed by atoms with Gasteiger partial charge >= 0.3 is 37.9 Å². The van der Waals surface area contributed by atoms with Crippen LogP contribution in [0.2, 0.25) is 0 Å². The van der Waals surface area contributed by atoms with Gasteiger partial charge in [-0.05, 0) is 40.4 Å². The molecule has 0 fully saturated rings. The molecular weight excluding hydrogens is 803 g/mol. The summed E-state index contributed by atoms with van der Waals surface area (Å²) in [6.07, 6.45) is 3.40. The summed E-state index contributed by atoms with van der Waals surface area (Å²) in [5, 5.41) is 5.54. The molecule has 4 heteroatoms. The summed E-state index contributed by atoms with van der Waals surface area (Å²) in [5.74, 6) is 0. The fourth-order valence-corrected chi connectivity index (χ4v) is 7.89. The number of hydrogen-bond acceptors (Lipinski definition) is 0. The minimum Gasteiger partial charge on any atom is -0.0631 e. The van der Waals surface area contributed by atoms with E-state index in [2.05, 4.69) is 206 Å². The Morgan fingerprint density at radius 1 is 0.636 bits per heavy atom. The standard InChI is InChI=1S/C21H25.C18H17.C12H10Si.2ClH.Zr/c1-20(2,3)16-7-9-18-14(12-16)11-15-13-17(21(4,5)6)8-10-19(15)18;1-2-7-14-12-16-10-6-11-17(18(16)13-14)15-8-4-3-5-9-15;1-3-7-11(8-4-1)13-12-9-5-2-6-10-12;;;/h7-10,12H,11H2,1-6H3;3-6,8-13H,2,7H2,1H3;1-10H;2*1H;/q2*-1;;;;+4/p-2. The summed E-state index contributed by atoms with van der Waals surface area (Å²) >= 11 is -0.826. The van der Waals surface area contributed by atoms with Gasteiger partial charge < -0.3 is 0 Å². The molecule has 0 aromatic heterocycles. The second-order valence-corrected chi connectivity index (χ2v) is 21.2. The fourth-order valence-electron chi connectivity index (χ4n) is 6.84. The third kappa shape index (κ3) is 12.1. The average Bonchev–Trinajstić information content (AvgIpc) is 3.77. The number of halogens is 2. The Morgan fingerprint density at radius 2 is 1.22 bits per heavy atom. The molecule has 7 aromatic rings. The van der Waals surface area contributed by atoms with Gasteiger partial charge in [0.2, 0.25) is 0 Å². The van der Waals surface area contributed by atoms with Gasteiger partial charge in [-0.2, -0.15) is 29.8 Å². The summed E-state index contributed by atoms with van der Waals surface area (Å²) in [5.41, 5.74) is 12.8. The van der Waals surface area contributed by atoms with Gasteiger partial charge in [0, 0.05) is 0 Å². The summed E-state index contributed by atoms with van der Waals surface area (Å²) < 4.78 is 0. The van der Waals surface area contributed by atoms with E-state index in [0.717, 1.165) is 15.9 Å². The van der Waals surface area contributed by atoms with Crippen molar-refractivity contribution in [3.8, 4) is 22.3 Å². The van der Waals surface area contributed by atoms with Crippen LogP contribution in [-0.4, -0.2) is 9.52 Å². The molecule has 0 bridgehead atoms. The zero-order valence-electron chi connectivity index (χ0n) is 33.3. The molecule has 0 amide bonds. The molecule has 0 heterocycles. The van der Waals surface area contributed by atoms with Crippen LogP contribution in [0.5, 0.6) is 0 Å². The van der Waals surface area contributed by atoms with Crippen molar-refractivity contribution in [2.45, 2.75) is 78.6 Å². The SMILES string of the molecule is CC(C)(C)c1[c-]c2c(cc1)-c1ccc(C(C)(C)C)cc1C2.CCCc1cc2c(-c3ccccc3)cccc2[cH-]1.[Cl][Zr+2][Cl].c1ccc([Si]c2ccccc2)cc1. The van der Waals surface area contributed by atoms with Crippen molar-refractivity contribution in [1.29, 1.82) is 0 Å². The van der Waals surface area contributed by atoms with Crippen molar-refractivity contribution in [3.05, 3.63) is 186 Å². The zero-order chi connectivity index (χ0) is 39.4. The number of rotatable bonds is 5. The molecule has 7 aromatic carbocycles. The molecule has 8 rings (SSSR count). The third-order valence-electron chi connectivity index (χ3n) is 9.73. The van der Waals surface area contributed by atoms with Crippen molar-refractivity contribution in [1.82, 2.24) is 0 Å². The van der Waals surface area contributed by atoms with Gasteiger partial charge in [0.05, 0.1) is 0 Å².